The minimum Gasteiger partial charge on any atom is -0.497 e. The fourth-order valence-electron chi connectivity index (χ4n) is 1.26. The molecule has 1 aromatic heterocycles. The molecule has 0 aliphatic carbocycles. The number of halogens is 3. The van der Waals surface area contributed by atoms with Crippen LogP contribution in [0.2, 0.25) is 15.3 Å². The van der Waals surface area contributed by atoms with Crippen molar-refractivity contribution in [3.63, 3.8) is 0 Å². The van der Waals surface area contributed by atoms with Gasteiger partial charge in [-0.15, -0.1) is 0 Å². The highest BCUT2D eigenvalue weighted by Gasteiger charge is 2.10. The van der Waals surface area contributed by atoms with Crippen LogP contribution in [-0.4, -0.2) is 17.1 Å². The molecule has 0 atom stereocenters. The van der Waals surface area contributed by atoms with Gasteiger partial charge in [0.15, 0.2) is 16.1 Å². The highest BCUT2D eigenvalue weighted by atomic mass is 35.5. The van der Waals surface area contributed by atoms with Crippen molar-refractivity contribution in [2.45, 2.75) is 0 Å². The van der Waals surface area contributed by atoms with Crippen LogP contribution in [0.5, 0.6) is 5.75 Å². The van der Waals surface area contributed by atoms with E-state index in [9.17, 15) is 0 Å². The summed E-state index contributed by atoms with van der Waals surface area (Å²) in [6.45, 7) is 0. The van der Waals surface area contributed by atoms with Crippen molar-refractivity contribution >= 4 is 34.8 Å². The van der Waals surface area contributed by atoms with Gasteiger partial charge in [-0.2, -0.15) is 0 Å². The molecule has 0 unspecified atom stereocenters. The molecule has 88 valence electrons. The summed E-state index contributed by atoms with van der Waals surface area (Å²) in [5, 5.41) is 0.431. The van der Waals surface area contributed by atoms with Crippen molar-refractivity contribution in [2.75, 3.05) is 7.11 Å². The summed E-state index contributed by atoms with van der Waals surface area (Å²) in [6.07, 6.45) is 0. The summed E-state index contributed by atoms with van der Waals surface area (Å²) in [7, 11) is 1.60. The lowest BCUT2D eigenvalue weighted by atomic mass is 10.2. The molecule has 0 radical (unpaired) electrons. The van der Waals surface area contributed by atoms with Crippen molar-refractivity contribution in [2.24, 2.45) is 0 Å². The summed E-state index contributed by atoms with van der Waals surface area (Å²) in [5.74, 6) is 1.17. The molecule has 0 aliphatic heterocycles. The average Bonchev–Trinajstić information content (AvgIpc) is 2.35. The number of nitrogens with zero attached hydrogens (tertiary/aromatic N) is 2. The first-order valence-corrected chi connectivity index (χ1v) is 5.78. The van der Waals surface area contributed by atoms with Gasteiger partial charge in [0.2, 0.25) is 0 Å². The van der Waals surface area contributed by atoms with E-state index >= 15 is 0 Å². The lowest BCUT2D eigenvalue weighted by Crippen LogP contribution is -1.92. The van der Waals surface area contributed by atoms with E-state index in [4.69, 9.17) is 39.5 Å². The van der Waals surface area contributed by atoms with Gasteiger partial charge in [-0.05, 0) is 24.3 Å². The second-order valence-electron chi connectivity index (χ2n) is 3.17. The monoisotopic (exact) mass is 288 g/mol. The molecule has 2 rings (SSSR count). The van der Waals surface area contributed by atoms with Crippen LogP contribution in [0.3, 0.4) is 0 Å². The summed E-state index contributed by atoms with van der Waals surface area (Å²) < 4.78 is 5.06. The first-order chi connectivity index (χ1) is 8.11. The quantitative estimate of drug-likeness (QED) is 0.780. The Morgan fingerprint density at radius 2 is 1.47 bits per heavy atom. The lowest BCUT2D eigenvalue weighted by molar-refractivity contribution is 0.415. The molecule has 1 heterocycles. The Balaban J connectivity index is 2.45. The van der Waals surface area contributed by atoms with Crippen LogP contribution in [0.25, 0.3) is 11.4 Å². The van der Waals surface area contributed by atoms with Crippen LogP contribution in [0.1, 0.15) is 0 Å². The molecule has 1 aromatic carbocycles. The molecule has 0 N–H and O–H groups in total. The Kier molecular flexibility index (Phi) is 3.72. The minimum atomic E-state index is 0.137. The normalized spacial score (nSPS) is 10.4. The summed E-state index contributed by atoms with van der Waals surface area (Å²) >= 11 is 17.4. The highest BCUT2D eigenvalue weighted by Crippen LogP contribution is 2.29. The number of aromatic nitrogens is 2. The fourth-order valence-corrected chi connectivity index (χ4v) is 1.74. The number of rotatable bonds is 2. The van der Waals surface area contributed by atoms with Gasteiger partial charge in [0.05, 0.1) is 7.11 Å². The molecule has 0 aliphatic rings. The first-order valence-electron chi connectivity index (χ1n) is 4.65. The van der Waals surface area contributed by atoms with E-state index < -0.39 is 0 Å². The van der Waals surface area contributed by atoms with E-state index in [-0.39, 0.29) is 15.3 Å². The molecular formula is C11H7Cl3N2O. The van der Waals surface area contributed by atoms with E-state index in [0.29, 0.717) is 5.82 Å². The standard InChI is InChI=1S/C11H7Cl3N2O/c1-17-7-4-2-6(3-5-7)11-15-9(13)8(12)10(14)16-11/h2-5H,1H3. The van der Waals surface area contributed by atoms with Gasteiger partial charge in [0.1, 0.15) is 10.8 Å². The van der Waals surface area contributed by atoms with Gasteiger partial charge in [-0.1, -0.05) is 34.8 Å². The zero-order valence-corrected chi connectivity index (χ0v) is 11.0. The van der Waals surface area contributed by atoms with Gasteiger partial charge in [0, 0.05) is 5.56 Å². The van der Waals surface area contributed by atoms with E-state index in [1.165, 1.54) is 0 Å². The third-order valence-electron chi connectivity index (χ3n) is 2.12. The predicted molar refractivity (Wildman–Crippen MR) is 69.1 cm³/mol. The van der Waals surface area contributed by atoms with Crippen molar-refractivity contribution in [1.82, 2.24) is 9.97 Å². The Morgan fingerprint density at radius 3 is 1.94 bits per heavy atom. The average molecular weight is 290 g/mol. The van der Waals surface area contributed by atoms with Gasteiger partial charge >= 0.3 is 0 Å². The third kappa shape index (κ3) is 2.63. The van der Waals surface area contributed by atoms with Gasteiger partial charge in [0.25, 0.3) is 0 Å². The largest absolute Gasteiger partial charge is 0.497 e. The first kappa shape index (κ1) is 12.4. The molecule has 0 spiro atoms. The highest BCUT2D eigenvalue weighted by molar-refractivity contribution is 6.46. The number of hydrogen-bond acceptors (Lipinski definition) is 3. The molecule has 0 saturated heterocycles. The smallest absolute Gasteiger partial charge is 0.162 e. The van der Waals surface area contributed by atoms with Crippen molar-refractivity contribution in [3.8, 4) is 17.1 Å². The molecule has 0 fully saturated rings. The van der Waals surface area contributed by atoms with Crippen molar-refractivity contribution < 1.29 is 4.74 Å². The maximum Gasteiger partial charge on any atom is 0.162 e. The molecule has 0 saturated carbocycles. The van der Waals surface area contributed by atoms with Crippen LogP contribution < -0.4 is 4.74 Å². The zero-order chi connectivity index (χ0) is 12.4. The summed E-state index contributed by atoms with van der Waals surface area (Å²) in [4.78, 5) is 8.11. The second kappa shape index (κ2) is 5.08. The molecular weight excluding hydrogens is 282 g/mol. The molecule has 0 amide bonds. The second-order valence-corrected chi connectivity index (χ2v) is 4.27. The van der Waals surface area contributed by atoms with Gasteiger partial charge < -0.3 is 4.74 Å². The summed E-state index contributed by atoms with van der Waals surface area (Å²) in [6, 6.07) is 7.23. The van der Waals surface area contributed by atoms with Crippen molar-refractivity contribution in [3.05, 3.63) is 39.6 Å². The Hall–Kier alpha value is -1.03. The fraction of sp³-hybridized carbons (Fsp3) is 0.0909. The van der Waals surface area contributed by atoms with E-state index in [0.717, 1.165) is 11.3 Å². The Labute approximate surface area is 113 Å². The minimum absolute atomic E-state index is 0.137. The molecule has 6 heteroatoms. The Morgan fingerprint density at radius 1 is 0.941 bits per heavy atom. The molecule has 3 nitrogen and oxygen atoms in total. The SMILES string of the molecule is COc1ccc(-c2nc(Cl)c(Cl)c(Cl)n2)cc1. The van der Waals surface area contributed by atoms with E-state index in [1.54, 1.807) is 19.2 Å². The number of benzene rings is 1. The van der Waals surface area contributed by atoms with Crippen LogP contribution in [0.4, 0.5) is 0 Å². The molecule has 0 bridgehead atoms. The lowest BCUT2D eigenvalue weighted by Gasteiger charge is -2.04. The van der Waals surface area contributed by atoms with E-state index in [2.05, 4.69) is 9.97 Å². The molecule has 17 heavy (non-hydrogen) atoms. The maximum absolute atomic E-state index is 5.84. The van der Waals surface area contributed by atoms with Gasteiger partial charge in [-0.25, -0.2) is 9.97 Å². The van der Waals surface area contributed by atoms with Crippen LogP contribution in [0, 0.1) is 0 Å². The number of ether oxygens (including phenoxy) is 1. The summed E-state index contributed by atoms with van der Waals surface area (Å²) in [5.41, 5.74) is 0.784. The third-order valence-corrected chi connectivity index (χ3v) is 3.22. The number of hydrogen-bond donors (Lipinski definition) is 0. The van der Waals surface area contributed by atoms with Crippen LogP contribution in [-0.2, 0) is 0 Å². The van der Waals surface area contributed by atoms with Crippen LogP contribution in [0.15, 0.2) is 24.3 Å². The maximum atomic E-state index is 5.84. The zero-order valence-electron chi connectivity index (χ0n) is 8.75. The molecule has 2 aromatic rings. The van der Waals surface area contributed by atoms with Crippen LogP contribution >= 0.6 is 34.8 Å². The van der Waals surface area contributed by atoms with Crippen molar-refractivity contribution in [1.29, 1.82) is 0 Å². The van der Waals surface area contributed by atoms with Gasteiger partial charge in [-0.3, -0.25) is 0 Å². The predicted octanol–water partition coefficient (Wildman–Crippen LogP) is 4.11. The topological polar surface area (TPSA) is 35.0 Å². The van der Waals surface area contributed by atoms with E-state index in [1.807, 2.05) is 12.1 Å². The Bertz CT molecular complexity index is 520. The number of methoxy groups -OCH3 is 1.